The molecular formula is C28H30O5. The number of aliphatic carboxylic acids is 1. The van der Waals surface area contributed by atoms with Crippen molar-refractivity contribution in [3.63, 3.8) is 0 Å². The highest BCUT2D eigenvalue weighted by atomic mass is 16.5. The third-order valence-corrected chi connectivity index (χ3v) is 6.34. The first-order chi connectivity index (χ1) is 16.1. The number of para-hydroxylation sites is 1. The lowest BCUT2D eigenvalue weighted by Crippen LogP contribution is -2.36. The third-order valence-electron chi connectivity index (χ3n) is 6.34. The van der Waals surface area contributed by atoms with Gasteiger partial charge in [-0.2, -0.15) is 0 Å². The molecule has 0 saturated carbocycles. The van der Waals surface area contributed by atoms with Crippen molar-refractivity contribution in [3.05, 3.63) is 83.9 Å². The first-order valence-corrected chi connectivity index (χ1v) is 11.5. The minimum Gasteiger partial charge on any atom is -0.493 e. The van der Waals surface area contributed by atoms with Crippen LogP contribution in [0, 0.1) is 5.41 Å². The molecule has 5 nitrogen and oxygen atoms in total. The van der Waals surface area contributed by atoms with E-state index in [0.717, 1.165) is 41.4 Å². The third kappa shape index (κ3) is 5.67. The van der Waals surface area contributed by atoms with Gasteiger partial charge in [-0.15, -0.1) is 0 Å². The van der Waals surface area contributed by atoms with Crippen LogP contribution in [0.15, 0.2) is 72.8 Å². The molecule has 0 aliphatic heterocycles. The molecule has 172 valence electrons. The minimum atomic E-state index is -0.696. The molecule has 33 heavy (non-hydrogen) atoms. The van der Waals surface area contributed by atoms with Crippen molar-refractivity contribution < 1.29 is 24.1 Å². The van der Waals surface area contributed by atoms with Gasteiger partial charge in [0.05, 0.1) is 18.6 Å². The van der Waals surface area contributed by atoms with Crippen molar-refractivity contribution in [2.45, 2.75) is 39.0 Å². The Morgan fingerprint density at radius 1 is 0.848 bits per heavy atom. The standard InChI is InChI=1S/C28H30O5/c1-2-28(27(29)30)16-15-21-9-10-26(19-22(21)20-28)32-18-6-17-31-23-11-13-25(14-12-23)33-24-7-4-3-5-8-24/h3-5,7-14,19H,2,6,15-18,20H2,1H3,(H,29,30). The predicted octanol–water partition coefficient (Wildman–Crippen LogP) is 6.30. The van der Waals surface area contributed by atoms with Crippen LogP contribution in [0.3, 0.4) is 0 Å². The second-order valence-electron chi connectivity index (χ2n) is 8.48. The van der Waals surface area contributed by atoms with Gasteiger partial charge in [0.2, 0.25) is 0 Å². The fourth-order valence-corrected chi connectivity index (χ4v) is 4.23. The monoisotopic (exact) mass is 446 g/mol. The van der Waals surface area contributed by atoms with Crippen molar-refractivity contribution in [1.29, 1.82) is 0 Å². The minimum absolute atomic E-state index is 0.534. The second kappa shape index (κ2) is 10.4. The zero-order valence-corrected chi connectivity index (χ0v) is 19.0. The van der Waals surface area contributed by atoms with Crippen molar-refractivity contribution in [1.82, 2.24) is 0 Å². The summed E-state index contributed by atoms with van der Waals surface area (Å²) < 4.78 is 17.5. The Labute approximate surface area is 194 Å². The zero-order valence-electron chi connectivity index (χ0n) is 19.0. The number of carboxylic acid groups (broad SMARTS) is 1. The van der Waals surface area contributed by atoms with Gasteiger partial charge in [-0.05, 0) is 85.3 Å². The summed E-state index contributed by atoms with van der Waals surface area (Å²) in [6.45, 7) is 3.04. The highest BCUT2D eigenvalue weighted by molar-refractivity contribution is 5.75. The molecule has 3 aromatic rings. The van der Waals surface area contributed by atoms with Crippen LogP contribution in [-0.2, 0) is 17.6 Å². The number of ether oxygens (including phenoxy) is 3. The molecule has 0 heterocycles. The molecule has 1 aliphatic rings. The molecule has 1 unspecified atom stereocenters. The first-order valence-electron chi connectivity index (χ1n) is 11.5. The largest absolute Gasteiger partial charge is 0.493 e. The summed E-state index contributed by atoms with van der Waals surface area (Å²) in [4.78, 5) is 11.8. The summed E-state index contributed by atoms with van der Waals surface area (Å²) in [5, 5.41) is 9.71. The summed E-state index contributed by atoms with van der Waals surface area (Å²) in [7, 11) is 0. The quantitative estimate of drug-likeness (QED) is 0.371. The van der Waals surface area contributed by atoms with Crippen LogP contribution in [0.4, 0.5) is 0 Å². The van der Waals surface area contributed by atoms with Gasteiger partial charge in [-0.1, -0.05) is 31.2 Å². The number of aryl methyl sites for hydroxylation is 1. The van der Waals surface area contributed by atoms with Crippen molar-refractivity contribution in [2.75, 3.05) is 13.2 Å². The highest BCUT2D eigenvalue weighted by Gasteiger charge is 2.39. The van der Waals surface area contributed by atoms with Gasteiger partial charge in [0.1, 0.15) is 23.0 Å². The molecular weight excluding hydrogens is 416 g/mol. The van der Waals surface area contributed by atoms with Crippen molar-refractivity contribution >= 4 is 5.97 Å². The summed E-state index contributed by atoms with van der Waals surface area (Å²) in [6, 6.07) is 23.3. The molecule has 0 aromatic heterocycles. The predicted molar refractivity (Wildman–Crippen MR) is 127 cm³/mol. The molecule has 0 fully saturated rings. The average molecular weight is 447 g/mol. The molecule has 0 radical (unpaired) electrons. The molecule has 0 amide bonds. The van der Waals surface area contributed by atoms with Gasteiger partial charge in [0, 0.05) is 6.42 Å². The fourth-order valence-electron chi connectivity index (χ4n) is 4.23. The van der Waals surface area contributed by atoms with E-state index in [9.17, 15) is 9.90 Å². The number of fused-ring (bicyclic) bond motifs is 1. The van der Waals surface area contributed by atoms with Crippen LogP contribution in [0.25, 0.3) is 0 Å². The number of rotatable bonds is 10. The normalized spacial score (nSPS) is 17.1. The van der Waals surface area contributed by atoms with Gasteiger partial charge in [-0.25, -0.2) is 0 Å². The van der Waals surface area contributed by atoms with Crippen molar-refractivity contribution in [3.8, 4) is 23.0 Å². The van der Waals surface area contributed by atoms with Crippen molar-refractivity contribution in [2.24, 2.45) is 5.41 Å². The van der Waals surface area contributed by atoms with Gasteiger partial charge >= 0.3 is 5.97 Å². The number of hydrogen-bond donors (Lipinski definition) is 1. The summed E-state index contributed by atoms with van der Waals surface area (Å²) >= 11 is 0. The molecule has 0 bridgehead atoms. The fraction of sp³-hybridized carbons (Fsp3) is 0.321. The molecule has 3 aromatic carbocycles. The summed E-state index contributed by atoms with van der Waals surface area (Å²) in [5.74, 6) is 2.44. The zero-order chi connectivity index (χ0) is 23.1. The maximum absolute atomic E-state index is 11.8. The maximum Gasteiger partial charge on any atom is 0.309 e. The number of hydrogen-bond acceptors (Lipinski definition) is 4. The van der Waals surface area contributed by atoms with E-state index in [1.807, 2.05) is 73.7 Å². The van der Waals surface area contributed by atoms with Crippen LogP contribution in [0.5, 0.6) is 23.0 Å². The Bertz CT molecular complexity index is 1060. The Kier molecular flexibility index (Phi) is 7.18. The molecule has 1 aliphatic carbocycles. The molecule has 0 saturated heterocycles. The smallest absolute Gasteiger partial charge is 0.309 e. The van der Waals surface area contributed by atoms with E-state index in [4.69, 9.17) is 14.2 Å². The second-order valence-corrected chi connectivity index (χ2v) is 8.48. The van der Waals surface area contributed by atoms with Gasteiger partial charge in [0.15, 0.2) is 0 Å². The van der Waals surface area contributed by atoms with Crippen LogP contribution >= 0.6 is 0 Å². The SMILES string of the molecule is CCC1(C(=O)O)CCc2ccc(OCCCOc3ccc(Oc4ccccc4)cc3)cc2C1. The number of benzene rings is 3. The molecule has 1 atom stereocenters. The summed E-state index contributed by atoms with van der Waals surface area (Å²) in [6.07, 6.45) is 3.46. The lowest BCUT2D eigenvalue weighted by atomic mass is 9.70. The molecule has 0 spiro atoms. The van der Waals surface area contributed by atoms with Gasteiger partial charge in [-0.3, -0.25) is 4.79 Å². The van der Waals surface area contributed by atoms with E-state index in [2.05, 4.69) is 6.07 Å². The van der Waals surface area contributed by atoms with E-state index in [0.29, 0.717) is 32.5 Å². The van der Waals surface area contributed by atoms with Crippen LogP contribution in [0.2, 0.25) is 0 Å². The lowest BCUT2D eigenvalue weighted by Gasteiger charge is -2.33. The van der Waals surface area contributed by atoms with Crippen LogP contribution in [0.1, 0.15) is 37.3 Å². The topological polar surface area (TPSA) is 65.0 Å². The van der Waals surface area contributed by atoms with E-state index < -0.39 is 11.4 Å². The summed E-state index contributed by atoms with van der Waals surface area (Å²) in [5.41, 5.74) is 1.67. The number of carboxylic acids is 1. The molecule has 4 rings (SSSR count). The van der Waals surface area contributed by atoms with E-state index in [1.54, 1.807) is 0 Å². The van der Waals surface area contributed by atoms with Crippen LogP contribution in [-0.4, -0.2) is 24.3 Å². The van der Waals surface area contributed by atoms with Crippen LogP contribution < -0.4 is 14.2 Å². The highest BCUT2D eigenvalue weighted by Crippen LogP contribution is 2.39. The van der Waals surface area contributed by atoms with E-state index in [-0.39, 0.29) is 0 Å². The lowest BCUT2D eigenvalue weighted by molar-refractivity contribution is -0.150. The molecule has 1 N–H and O–H groups in total. The molecule has 5 heteroatoms. The van der Waals surface area contributed by atoms with E-state index >= 15 is 0 Å². The van der Waals surface area contributed by atoms with Gasteiger partial charge in [0.25, 0.3) is 0 Å². The van der Waals surface area contributed by atoms with Gasteiger partial charge < -0.3 is 19.3 Å². The maximum atomic E-state index is 11.8. The first kappa shape index (κ1) is 22.7. The average Bonchev–Trinajstić information content (AvgIpc) is 2.85. The Morgan fingerprint density at radius 2 is 1.48 bits per heavy atom. The number of carbonyl (C=O) groups is 1. The Balaban J connectivity index is 1.22. The van der Waals surface area contributed by atoms with E-state index in [1.165, 1.54) is 5.56 Å². The Hall–Kier alpha value is -3.47. The Morgan fingerprint density at radius 3 is 2.18 bits per heavy atom.